The summed E-state index contributed by atoms with van der Waals surface area (Å²) in [7, 11) is 0. The van der Waals surface area contributed by atoms with Crippen LogP contribution in [0.3, 0.4) is 0 Å². The highest BCUT2D eigenvalue weighted by Gasteiger charge is 2.05. The van der Waals surface area contributed by atoms with E-state index in [1.165, 1.54) is 6.07 Å². The Morgan fingerprint density at radius 3 is 2.75 bits per heavy atom. The number of hydrogen-bond donors (Lipinski definition) is 1. The molecule has 2 aromatic rings. The first-order valence-corrected chi connectivity index (χ1v) is 6.65. The highest BCUT2D eigenvalue weighted by molar-refractivity contribution is 5.36. The summed E-state index contributed by atoms with van der Waals surface area (Å²) in [6.07, 6.45) is 1.26. The fourth-order valence-electron chi connectivity index (χ4n) is 1.99. The fourth-order valence-corrected chi connectivity index (χ4v) is 1.99. The SMILES string of the molecule is Cc1cc([C@@H](C)O)ccc1OCCn1ccccc1=O. The number of ether oxygens (including phenoxy) is 1. The van der Waals surface area contributed by atoms with Crippen molar-refractivity contribution in [3.63, 3.8) is 0 Å². The van der Waals surface area contributed by atoms with Crippen LogP contribution in [0.2, 0.25) is 0 Å². The topological polar surface area (TPSA) is 51.5 Å². The van der Waals surface area contributed by atoms with Crippen molar-refractivity contribution in [3.8, 4) is 5.75 Å². The molecule has 1 heterocycles. The van der Waals surface area contributed by atoms with Crippen molar-refractivity contribution in [2.24, 2.45) is 0 Å². The Morgan fingerprint density at radius 1 is 1.30 bits per heavy atom. The molecule has 1 aromatic carbocycles. The zero-order chi connectivity index (χ0) is 14.5. The zero-order valence-electron chi connectivity index (χ0n) is 11.7. The van der Waals surface area contributed by atoms with Crippen molar-refractivity contribution in [2.75, 3.05) is 6.61 Å². The second-order valence-electron chi connectivity index (χ2n) is 4.78. The first-order valence-electron chi connectivity index (χ1n) is 6.65. The van der Waals surface area contributed by atoms with Crippen molar-refractivity contribution < 1.29 is 9.84 Å². The van der Waals surface area contributed by atoms with E-state index in [2.05, 4.69) is 0 Å². The summed E-state index contributed by atoms with van der Waals surface area (Å²) in [6.45, 7) is 4.61. The molecule has 0 spiro atoms. The zero-order valence-corrected chi connectivity index (χ0v) is 11.7. The molecule has 2 rings (SSSR count). The maximum absolute atomic E-state index is 11.5. The minimum absolute atomic E-state index is 0.0303. The van der Waals surface area contributed by atoms with Crippen molar-refractivity contribution >= 4 is 0 Å². The molecule has 4 nitrogen and oxygen atoms in total. The number of pyridine rings is 1. The van der Waals surface area contributed by atoms with Crippen LogP contribution >= 0.6 is 0 Å². The summed E-state index contributed by atoms with van der Waals surface area (Å²) in [5, 5.41) is 9.52. The molecule has 0 aliphatic rings. The summed E-state index contributed by atoms with van der Waals surface area (Å²) >= 11 is 0. The quantitative estimate of drug-likeness (QED) is 0.909. The lowest BCUT2D eigenvalue weighted by Crippen LogP contribution is -2.21. The largest absolute Gasteiger partial charge is 0.491 e. The third kappa shape index (κ3) is 3.48. The van der Waals surface area contributed by atoms with Gasteiger partial charge in [-0.3, -0.25) is 4.79 Å². The molecule has 0 bridgehead atoms. The number of aliphatic hydroxyl groups excluding tert-OH is 1. The lowest BCUT2D eigenvalue weighted by atomic mass is 10.1. The van der Waals surface area contributed by atoms with Gasteiger partial charge < -0.3 is 14.4 Å². The smallest absolute Gasteiger partial charge is 0.250 e. The summed E-state index contributed by atoms with van der Waals surface area (Å²) in [5.74, 6) is 0.776. The third-order valence-corrected chi connectivity index (χ3v) is 3.17. The van der Waals surface area contributed by atoms with Gasteiger partial charge in [-0.2, -0.15) is 0 Å². The number of aliphatic hydroxyl groups is 1. The maximum Gasteiger partial charge on any atom is 0.250 e. The molecule has 106 valence electrons. The van der Waals surface area contributed by atoms with E-state index in [1.807, 2.05) is 31.2 Å². The first-order chi connectivity index (χ1) is 9.58. The van der Waals surface area contributed by atoms with E-state index in [-0.39, 0.29) is 5.56 Å². The summed E-state index contributed by atoms with van der Waals surface area (Å²) < 4.78 is 7.30. The van der Waals surface area contributed by atoms with Gasteiger partial charge in [0.2, 0.25) is 0 Å². The van der Waals surface area contributed by atoms with Crippen LogP contribution in [0, 0.1) is 6.92 Å². The number of nitrogens with zero attached hydrogens (tertiary/aromatic N) is 1. The van der Waals surface area contributed by atoms with Gasteiger partial charge in [-0.05, 0) is 43.2 Å². The van der Waals surface area contributed by atoms with Gasteiger partial charge >= 0.3 is 0 Å². The van der Waals surface area contributed by atoms with Gasteiger partial charge in [0.1, 0.15) is 12.4 Å². The van der Waals surface area contributed by atoms with E-state index in [9.17, 15) is 9.90 Å². The van der Waals surface area contributed by atoms with Crippen LogP contribution in [0.1, 0.15) is 24.2 Å². The second kappa shape index (κ2) is 6.39. The molecule has 0 unspecified atom stereocenters. The summed E-state index contributed by atoms with van der Waals surface area (Å²) in [6, 6.07) is 10.7. The Hall–Kier alpha value is -2.07. The monoisotopic (exact) mass is 273 g/mol. The molecular weight excluding hydrogens is 254 g/mol. The number of hydrogen-bond acceptors (Lipinski definition) is 3. The molecule has 1 atom stereocenters. The van der Waals surface area contributed by atoms with Gasteiger partial charge in [0.25, 0.3) is 5.56 Å². The predicted molar refractivity (Wildman–Crippen MR) is 78.0 cm³/mol. The van der Waals surface area contributed by atoms with Crippen molar-refractivity contribution in [2.45, 2.75) is 26.5 Å². The van der Waals surface area contributed by atoms with Gasteiger partial charge in [0.15, 0.2) is 0 Å². The Morgan fingerprint density at radius 2 is 2.10 bits per heavy atom. The molecule has 0 radical (unpaired) electrons. The Kier molecular flexibility index (Phi) is 4.58. The third-order valence-electron chi connectivity index (χ3n) is 3.17. The molecule has 4 heteroatoms. The average molecular weight is 273 g/mol. The molecule has 0 amide bonds. The van der Waals surface area contributed by atoms with Crippen LogP contribution in [-0.2, 0) is 6.54 Å². The molecule has 0 fully saturated rings. The minimum Gasteiger partial charge on any atom is -0.491 e. The van der Waals surface area contributed by atoms with E-state index in [0.29, 0.717) is 13.2 Å². The molecule has 0 saturated heterocycles. The minimum atomic E-state index is -0.481. The fraction of sp³-hybridized carbons (Fsp3) is 0.312. The molecule has 0 aliphatic heterocycles. The average Bonchev–Trinajstić information content (AvgIpc) is 2.42. The van der Waals surface area contributed by atoms with E-state index in [0.717, 1.165) is 16.9 Å². The second-order valence-corrected chi connectivity index (χ2v) is 4.78. The van der Waals surface area contributed by atoms with Crippen LogP contribution in [0.25, 0.3) is 0 Å². The van der Waals surface area contributed by atoms with Gasteiger partial charge in [0.05, 0.1) is 12.6 Å². The van der Waals surface area contributed by atoms with Crippen molar-refractivity contribution in [1.29, 1.82) is 0 Å². The highest BCUT2D eigenvalue weighted by Crippen LogP contribution is 2.22. The van der Waals surface area contributed by atoms with E-state index < -0.39 is 6.10 Å². The van der Waals surface area contributed by atoms with E-state index in [4.69, 9.17) is 4.74 Å². The first kappa shape index (κ1) is 14.3. The number of benzene rings is 1. The van der Waals surface area contributed by atoms with Crippen LogP contribution in [0.15, 0.2) is 47.4 Å². The Labute approximate surface area is 118 Å². The molecular formula is C16H19NO3. The van der Waals surface area contributed by atoms with Gasteiger partial charge in [-0.1, -0.05) is 12.1 Å². The molecule has 0 aliphatic carbocycles. The number of aryl methyl sites for hydroxylation is 1. The normalized spacial score (nSPS) is 12.2. The van der Waals surface area contributed by atoms with Crippen LogP contribution in [0.5, 0.6) is 5.75 Å². The Bertz CT molecular complexity index is 632. The number of aromatic nitrogens is 1. The van der Waals surface area contributed by atoms with Gasteiger partial charge in [-0.25, -0.2) is 0 Å². The highest BCUT2D eigenvalue weighted by atomic mass is 16.5. The Balaban J connectivity index is 1.98. The van der Waals surface area contributed by atoms with Crippen molar-refractivity contribution in [1.82, 2.24) is 4.57 Å². The lowest BCUT2D eigenvalue weighted by molar-refractivity contribution is 0.199. The van der Waals surface area contributed by atoms with E-state index >= 15 is 0 Å². The molecule has 20 heavy (non-hydrogen) atoms. The van der Waals surface area contributed by atoms with Crippen LogP contribution in [0.4, 0.5) is 0 Å². The van der Waals surface area contributed by atoms with Gasteiger partial charge in [0, 0.05) is 12.3 Å². The molecule has 0 saturated carbocycles. The predicted octanol–water partition coefficient (Wildman–Crippen LogP) is 2.29. The summed E-state index contributed by atoms with van der Waals surface area (Å²) in [5.41, 5.74) is 1.82. The number of rotatable bonds is 5. The lowest BCUT2D eigenvalue weighted by Gasteiger charge is -2.12. The van der Waals surface area contributed by atoms with Gasteiger partial charge in [-0.15, -0.1) is 0 Å². The molecule has 1 N–H and O–H groups in total. The van der Waals surface area contributed by atoms with Crippen LogP contribution < -0.4 is 10.3 Å². The van der Waals surface area contributed by atoms with Crippen molar-refractivity contribution in [3.05, 3.63) is 64.1 Å². The standard InChI is InChI=1S/C16H19NO3/c1-12-11-14(13(2)18)6-7-15(12)20-10-9-17-8-4-3-5-16(17)19/h3-8,11,13,18H,9-10H2,1-2H3/t13-/m1/s1. The molecule has 1 aromatic heterocycles. The maximum atomic E-state index is 11.5. The summed E-state index contributed by atoms with van der Waals surface area (Å²) in [4.78, 5) is 11.5. The van der Waals surface area contributed by atoms with E-state index in [1.54, 1.807) is 23.8 Å². The van der Waals surface area contributed by atoms with Crippen LogP contribution in [-0.4, -0.2) is 16.3 Å².